The molecular formula is C24H25ClN6O. The molecule has 8 heteroatoms. The normalized spacial score (nSPS) is 16.5. The second kappa shape index (κ2) is 10.3. The quantitative estimate of drug-likeness (QED) is 0.603. The van der Waals surface area contributed by atoms with E-state index in [4.69, 9.17) is 16.9 Å². The van der Waals surface area contributed by atoms with Gasteiger partial charge in [-0.1, -0.05) is 41.9 Å². The number of benzene rings is 2. The fourth-order valence-electron chi connectivity index (χ4n) is 3.98. The Morgan fingerprint density at radius 3 is 2.75 bits per heavy atom. The van der Waals surface area contributed by atoms with Crippen molar-refractivity contribution in [3.8, 4) is 6.07 Å². The van der Waals surface area contributed by atoms with Crippen molar-refractivity contribution < 1.29 is 4.79 Å². The van der Waals surface area contributed by atoms with Crippen molar-refractivity contribution in [3.05, 3.63) is 88.5 Å². The fourth-order valence-corrected chi connectivity index (χ4v) is 4.18. The molecule has 1 saturated heterocycles. The molecule has 2 heterocycles. The van der Waals surface area contributed by atoms with E-state index in [1.54, 1.807) is 6.33 Å². The van der Waals surface area contributed by atoms with Crippen molar-refractivity contribution in [2.45, 2.75) is 25.6 Å². The summed E-state index contributed by atoms with van der Waals surface area (Å²) in [5.74, 6) is 0. The maximum absolute atomic E-state index is 12.9. The van der Waals surface area contributed by atoms with E-state index in [0.717, 1.165) is 36.3 Å². The van der Waals surface area contributed by atoms with Gasteiger partial charge in [0.25, 0.3) is 0 Å². The Bertz CT molecular complexity index is 1080. The molecule has 2 aromatic carbocycles. The van der Waals surface area contributed by atoms with Gasteiger partial charge in [-0.05, 0) is 35.7 Å². The molecule has 2 N–H and O–H groups in total. The molecule has 1 unspecified atom stereocenters. The summed E-state index contributed by atoms with van der Waals surface area (Å²) in [6.45, 7) is 3.16. The van der Waals surface area contributed by atoms with Crippen LogP contribution in [0.4, 0.5) is 4.79 Å². The van der Waals surface area contributed by atoms with E-state index >= 15 is 0 Å². The molecule has 1 aliphatic heterocycles. The summed E-state index contributed by atoms with van der Waals surface area (Å²) in [5.41, 5.74) is 3.73. The number of rotatable bonds is 6. The molecule has 1 atom stereocenters. The number of carbonyl (C=O) groups is 1. The van der Waals surface area contributed by atoms with Crippen LogP contribution >= 0.6 is 11.6 Å². The largest absolute Gasteiger partial charge is 0.347 e. The minimum Gasteiger partial charge on any atom is -0.347 e. The Balaban J connectivity index is 1.43. The summed E-state index contributed by atoms with van der Waals surface area (Å²) in [6.07, 6.45) is 4.30. The lowest BCUT2D eigenvalue weighted by atomic mass is 10.0. The van der Waals surface area contributed by atoms with Crippen molar-refractivity contribution in [3.63, 3.8) is 0 Å². The van der Waals surface area contributed by atoms with E-state index in [1.807, 2.05) is 59.6 Å². The molecule has 1 aromatic heterocycles. The van der Waals surface area contributed by atoms with Gasteiger partial charge in [-0.3, -0.25) is 4.90 Å². The molecule has 7 nitrogen and oxygen atoms in total. The smallest absolute Gasteiger partial charge is 0.317 e. The minimum absolute atomic E-state index is 0.0871. The molecular weight excluding hydrogens is 424 g/mol. The van der Waals surface area contributed by atoms with E-state index in [-0.39, 0.29) is 12.1 Å². The number of aromatic nitrogens is 2. The molecule has 3 aromatic rings. The van der Waals surface area contributed by atoms with Gasteiger partial charge in [0.15, 0.2) is 0 Å². The highest BCUT2D eigenvalue weighted by Gasteiger charge is 2.30. The van der Waals surface area contributed by atoms with Crippen LogP contribution in [-0.2, 0) is 19.5 Å². The summed E-state index contributed by atoms with van der Waals surface area (Å²) in [5, 5.41) is 12.7. The molecule has 1 fully saturated rings. The minimum atomic E-state index is -0.0871. The number of urea groups is 1. The van der Waals surface area contributed by atoms with E-state index in [0.29, 0.717) is 30.2 Å². The second-order valence-corrected chi connectivity index (χ2v) is 8.32. The van der Waals surface area contributed by atoms with Gasteiger partial charge in [0.05, 0.1) is 18.0 Å². The van der Waals surface area contributed by atoms with Crippen molar-refractivity contribution in [2.75, 3.05) is 19.6 Å². The number of halogens is 1. The lowest BCUT2D eigenvalue weighted by Gasteiger charge is -2.41. The standard InChI is InChI=1S/C24H25ClN6O/c25-23-4-2-1-3-20(23)13-28-24(32)31-10-9-30(15-21-14-27-17-29-21)22(16-31)11-18-5-7-19(12-26)8-6-18/h1-8,14,17,22H,9-11,13,15-16H2,(H,27,29)(H,28,32). The SMILES string of the molecule is N#Cc1ccc(CC2CN(C(=O)NCc3ccccc3Cl)CCN2Cc2cnc[nH]2)cc1. The first kappa shape index (κ1) is 21.9. The Morgan fingerprint density at radius 1 is 1.22 bits per heavy atom. The number of amides is 2. The van der Waals surface area contributed by atoms with Gasteiger partial charge in [-0.25, -0.2) is 9.78 Å². The lowest BCUT2D eigenvalue weighted by molar-refractivity contribution is 0.0826. The molecule has 1 aliphatic rings. The zero-order valence-corrected chi connectivity index (χ0v) is 18.4. The van der Waals surface area contributed by atoms with Gasteiger partial charge in [0.2, 0.25) is 0 Å². The van der Waals surface area contributed by atoms with Crippen molar-refractivity contribution >= 4 is 17.6 Å². The number of imidazole rings is 1. The number of aromatic amines is 1. The lowest BCUT2D eigenvalue weighted by Crippen LogP contribution is -2.57. The highest BCUT2D eigenvalue weighted by molar-refractivity contribution is 6.31. The van der Waals surface area contributed by atoms with Gasteiger partial charge in [-0.15, -0.1) is 0 Å². The third-order valence-electron chi connectivity index (χ3n) is 5.76. The van der Waals surface area contributed by atoms with Gasteiger partial charge >= 0.3 is 6.03 Å². The van der Waals surface area contributed by atoms with Crippen molar-refractivity contribution in [1.29, 1.82) is 5.26 Å². The third kappa shape index (κ3) is 5.47. The fraction of sp³-hybridized carbons (Fsp3) is 0.292. The Hall–Kier alpha value is -3.34. The molecule has 0 bridgehead atoms. The molecule has 0 saturated carbocycles. The maximum Gasteiger partial charge on any atom is 0.317 e. The van der Waals surface area contributed by atoms with Crippen LogP contribution in [0.5, 0.6) is 0 Å². The number of nitrogens with zero attached hydrogens (tertiary/aromatic N) is 4. The summed E-state index contributed by atoms with van der Waals surface area (Å²) in [4.78, 5) is 24.4. The van der Waals surface area contributed by atoms with Gasteiger partial charge in [0.1, 0.15) is 0 Å². The van der Waals surface area contributed by atoms with Crippen LogP contribution in [0.25, 0.3) is 0 Å². The van der Waals surface area contributed by atoms with E-state index < -0.39 is 0 Å². The topological polar surface area (TPSA) is 88.1 Å². The number of H-pyrrole nitrogens is 1. The first-order valence-corrected chi connectivity index (χ1v) is 11.0. The molecule has 4 rings (SSSR count). The molecule has 32 heavy (non-hydrogen) atoms. The number of hydrogen-bond acceptors (Lipinski definition) is 4. The highest BCUT2D eigenvalue weighted by Crippen LogP contribution is 2.19. The van der Waals surface area contributed by atoms with Crippen LogP contribution in [0.3, 0.4) is 0 Å². The van der Waals surface area contributed by atoms with Crippen LogP contribution in [0, 0.1) is 11.3 Å². The molecule has 0 aliphatic carbocycles. The molecule has 0 spiro atoms. The Kier molecular flexibility index (Phi) is 7.05. The Labute approximate surface area is 192 Å². The van der Waals surface area contributed by atoms with Crippen molar-refractivity contribution in [2.24, 2.45) is 0 Å². The zero-order valence-electron chi connectivity index (χ0n) is 17.7. The predicted octanol–water partition coefficient (Wildman–Crippen LogP) is 3.57. The summed E-state index contributed by atoms with van der Waals surface area (Å²) in [7, 11) is 0. The maximum atomic E-state index is 12.9. The van der Waals surface area contributed by atoms with E-state index in [1.165, 1.54) is 0 Å². The zero-order chi connectivity index (χ0) is 22.3. The predicted molar refractivity (Wildman–Crippen MR) is 123 cm³/mol. The Morgan fingerprint density at radius 2 is 2.03 bits per heavy atom. The average molecular weight is 449 g/mol. The van der Waals surface area contributed by atoms with E-state index in [2.05, 4.69) is 26.3 Å². The van der Waals surface area contributed by atoms with Gasteiger partial charge in [-0.2, -0.15) is 5.26 Å². The highest BCUT2D eigenvalue weighted by atomic mass is 35.5. The van der Waals surface area contributed by atoms with Crippen LogP contribution in [-0.4, -0.2) is 51.5 Å². The number of piperazine rings is 1. The number of carbonyl (C=O) groups excluding carboxylic acids is 1. The first-order chi connectivity index (χ1) is 15.6. The first-order valence-electron chi connectivity index (χ1n) is 10.6. The van der Waals surface area contributed by atoms with Crippen LogP contribution in [0.15, 0.2) is 61.1 Å². The summed E-state index contributed by atoms with van der Waals surface area (Å²) in [6, 6.07) is 17.4. The van der Waals surface area contributed by atoms with Gasteiger partial charge < -0.3 is 15.2 Å². The molecule has 0 radical (unpaired) electrons. The third-order valence-corrected chi connectivity index (χ3v) is 6.13. The van der Waals surface area contributed by atoms with Crippen LogP contribution in [0.1, 0.15) is 22.4 Å². The number of hydrogen-bond donors (Lipinski definition) is 2. The number of nitriles is 1. The second-order valence-electron chi connectivity index (χ2n) is 7.91. The van der Waals surface area contributed by atoms with Gasteiger partial charge in [0, 0.05) is 55.7 Å². The molecule has 2 amide bonds. The summed E-state index contributed by atoms with van der Waals surface area (Å²) < 4.78 is 0. The number of nitrogens with one attached hydrogen (secondary N) is 2. The van der Waals surface area contributed by atoms with Crippen molar-refractivity contribution in [1.82, 2.24) is 25.1 Å². The monoisotopic (exact) mass is 448 g/mol. The van der Waals surface area contributed by atoms with Crippen LogP contribution in [0.2, 0.25) is 5.02 Å². The van der Waals surface area contributed by atoms with Crippen LogP contribution < -0.4 is 5.32 Å². The average Bonchev–Trinajstić information content (AvgIpc) is 3.33. The summed E-state index contributed by atoms with van der Waals surface area (Å²) >= 11 is 6.22. The molecule has 164 valence electrons. The van der Waals surface area contributed by atoms with E-state index in [9.17, 15) is 4.79 Å².